The van der Waals surface area contributed by atoms with E-state index in [0.717, 1.165) is 45.0 Å². The number of aromatic amines is 1. The summed E-state index contributed by atoms with van der Waals surface area (Å²) >= 11 is 6.34. The molecule has 5 aromatic rings. The van der Waals surface area contributed by atoms with Crippen molar-refractivity contribution in [3.63, 3.8) is 0 Å². The van der Waals surface area contributed by atoms with Crippen molar-refractivity contribution in [3.8, 4) is 16.9 Å². The second-order valence-electron chi connectivity index (χ2n) is 9.22. The molecular formula is C31H25ClF2N6. The number of nitrogens with zero attached hydrogens (tertiary/aromatic N) is 5. The van der Waals surface area contributed by atoms with Gasteiger partial charge in [0.15, 0.2) is 0 Å². The highest BCUT2D eigenvalue weighted by Crippen LogP contribution is 2.31. The van der Waals surface area contributed by atoms with Crippen molar-refractivity contribution in [1.82, 2.24) is 30.2 Å². The van der Waals surface area contributed by atoms with Gasteiger partial charge in [0.2, 0.25) is 0 Å². The van der Waals surface area contributed by atoms with Gasteiger partial charge in [-0.1, -0.05) is 54.1 Å². The number of benzene rings is 3. The summed E-state index contributed by atoms with van der Waals surface area (Å²) in [5.41, 5.74) is 5.96. The van der Waals surface area contributed by atoms with Gasteiger partial charge in [0, 0.05) is 16.5 Å². The minimum absolute atomic E-state index is 0.152. The number of hydrogen-bond acceptors (Lipinski definition) is 4. The average molecular weight is 555 g/mol. The Kier molecular flexibility index (Phi) is 8.07. The first-order valence-electron chi connectivity index (χ1n) is 12.5. The Morgan fingerprint density at radius 2 is 1.75 bits per heavy atom. The van der Waals surface area contributed by atoms with E-state index in [9.17, 15) is 8.78 Å². The van der Waals surface area contributed by atoms with Crippen LogP contribution < -0.4 is 0 Å². The van der Waals surface area contributed by atoms with Crippen molar-refractivity contribution < 1.29 is 8.78 Å². The first-order chi connectivity index (χ1) is 19.4. The molecule has 3 aromatic carbocycles. The van der Waals surface area contributed by atoms with Crippen LogP contribution in [0.25, 0.3) is 22.5 Å². The highest BCUT2D eigenvalue weighted by atomic mass is 35.5. The molecule has 0 spiro atoms. The van der Waals surface area contributed by atoms with Gasteiger partial charge in [0.25, 0.3) is 0 Å². The highest BCUT2D eigenvalue weighted by Gasteiger charge is 2.19. The molecule has 2 heterocycles. The summed E-state index contributed by atoms with van der Waals surface area (Å²) in [6.45, 7) is 6.03. The first-order valence-corrected chi connectivity index (χ1v) is 12.9. The number of hydrogen-bond donors (Lipinski definition) is 1. The van der Waals surface area contributed by atoms with Crippen LogP contribution in [0.5, 0.6) is 0 Å². The number of nitrogens with one attached hydrogen (secondary N) is 1. The molecule has 0 saturated carbocycles. The number of aromatic nitrogens is 6. The van der Waals surface area contributed by atoms with Crippen LogP contribution >= 0.6 is 11.6 Å². The molecule has 1 atom stereocenters. The number of allylic oxidation sites excluding steroid dienone is 5. The third kappa shape index (κ3) is 6.13. The number of imidazole rings is 1. The molecule has 0 amide bonds. The third-order valence-electron chi connectivity index (χ3n) is 6.59. The van der Waals surface area contributed by atoms with Gasteiger partial charge in [-0.3, -0.25) is 0 Å². The molecule has 1 unspecified atom stereocenters. The van der Waals surface area contributed by atoms with Crippen molar-refractivity contribution >= 4 is 17.2 Å². The molecule has 0 bridgehead atoms. The zero-order valence-electron chi connectivity index (χ0n) is 21.6. The Morgan fingerprint density at radius 1 is 1.02 bits per heavy atom. The molecule has 2 aromatic heterocycles. The zero-order chi connectivity index (χ0) is 28.1. The summed E-state index contributed by atoms with van der Waals surface area (Å²) in [6.07, 6.45) is 9.56. The molecular weight excluding hydrogens is 530 g/mol. The molecule has 40 heavy (non-hydrogen) atoms. The maximum Gasteiger partial charge on any atom is 0.143 e. The van der Waals surface area contributed by atoms with E-state index in [4.69, 9.17) is 11.6 Å². The Morgan fingerprint density at radius 3 is 2.42 bits per heavy atom. The van der Waals surface area contributed by atoms with Crippen LogP contribution in [-0.2, 0) is 6.42 Å². The van der Waals surface area contributed by atoms with Crippen molar-refractivity contribution in [3.05, 3.63) is 143 Å². The van der Waals surface area contributed by atoms with Gasteiger partial charge < -0.3 is 4.98 Å². The Balaban J connectivity index is 1.52. The quantitative estimate of drug-likeness (QED) is 0.191. The smallest absolute Gasteiger partial charge is 0.143 e. The molecule has 5 rings (SSSR count). The minimum Gasteiger partial charge on any atom is -0.341 e. The van der Waals surface area contributed by atoms with E-state index in [1.807, 2.05) is 31.2 Å². The van der Waals surface area contributed by atoms with Gasteiger partial charge >= 0.3 is 0 Å². The number of tetrazole rings is 1. The lowest BCUT2D eigenvalue weighted by Gasteiger charge is -2.16. The number of halogens is 3. The van der Waals surface area contributed by atoms with Crippen molar-refractivity contribution in [2.75, 3.05) is 0 Å². The van der Waals surface area contributed by atoms with Gasteiger partial charge in [0.05, 0.1) is 17.6 Å². The molecule has 0 saturated heterocycles. The molecule has 0 aliphatic carbocycles. The standard InChI is InChI=1S/C31H25ClF2N6/c1-3-22(28-17-24(32)10-15-30(28)40-19-36-38-39-40)7-4-20(2)27(16-21-5-11-25(33)12-6-21)31-35-18-29(37-31)23-8-13-26(34)14-9-23/h3-15,17-19,27H,1,16H2,2H3,(H,35,37)/b20-4+,22-7+. The van der Waals surface area contributed by atoms with Gasteiger partial charge in [-0.2, -0.15) is 4.68 Å². The largest absolute Gasteiger partial charge is 0.341 e. The lowest BCUT2D eigenvalue weighted by molar-refractivity contribution is 0.626. The summed E-state index contributed by atoms with van der Waals surface area (Å²) in [5, 5.41) is 12.1. The SMILES string of the molecule is C=C/C(=C\C=C(/C)C(Cc1ccc(F)cc1)c1ncc(-c2ccc(F)cc2)[nH]1)c1cc(Cl)ccc1-n1cnnn1. The highest BCUT2D eigenvalue weighted by molar-refractivity contribution is 6.30. The second-order valence-corrected chi connectivity index (χ2v) is 9.66. The predicted molar refractivity (Wildman–Crippen MR) is 153 cm³/mol. The van der Waals surface area contributed by atoms with Crippen LogP contribution in [0.1, 0.15) is 29.8 Å². The van der Waals surface area contributed by atoms with Crippen LogP contribution in [0.2, 0.25) is 5.02 Å². The molecule has 0 aliphatic heterocycles. The number of H-pyrrole nitrogens is 1. The average Bonchev–Trinajstić information content (AvgIpc) is 3.67. The fraction of sp³-hybridized carbons (Fsp3) is 0.0968. The fourth-order valence-corrected chi connectivity index (χ4v) is 4.61. The summed E-state index contributed by atoms with van der Waals surface area (Å²) in [5.74, 6) is -0.00441. The topological polar surface area (TPSA) is 72.3 Å². The van der Waals surface area contributed by atoms with Crippen LogP contribution in [0, 0.1) is 11.6 Å². The van der Waals surface area contributed by atoms with E-state index in [1.54, 1.807) is 47.3 Å². The van der Waals surface area contributed by atoms with E-state index in [1.165, 1.54) is 30.6 Å². The van der Waals surface area contributed by atoms with E-state index in [2.05, 4.69) is 32.1 Å². The predicted octanol–water partition coefficient (Wildman–Crippen LogP) is 7.53. The summed E-state index contributed by atoms with van der Waals surface area (Å²) < 4.78 is 28.6. The lowest BCUT2D eigenvalue weighted by atomic mass is 9.91. The Bertz CT molecular complexity index is 1670. The maximum atomic E-state index is 13.6. The van der Waals surface area contributed by atoms with Crippen LogP contribution in [0.4, 0.5) is 8.78 Å². The molecule has 0 radical (unpaired) electrons. The number of rotatable bonds is 9. The van der Waals surface area contributed by atoms with Crippen LogP contribution in [0.3, 0.4) is 0 Å². The molecule has 200 valence electrons. The third-order valence-corrected chi connectivity index (χ3v) is 6.83. The summed E-state index contributed by atoms with van der Waals surface area (Å²) in [7, 11) is 0. The first kappa shape index (κ1) is 26.9. The fourth-order valence-electron chi connectivity index (χ4n) is 4.44. The summed E-state index contributed by atoms with van der Waals surface area (Å²) in [6, 6.07) is 18.1. The van der Waals surface area contributed by atoms with Gasteiger partial charge in [0.1, 0.15) is 23.8 Å². The lowest BCUT2D eigenvalue weighted by Crippen LogP contribution is -2.07. The van der Waals surface area contributed by atoms with E-state index >= 15 is 0 Å². The van der Waals surface area contributed by atoms with Gasteiger partial charge in [-0.15, -0.1) is 5.10 Å². The Labute approximate surface area is 235 Å². The maximum absolute atomic E-state index is 13.6. The van der Waals surface area contributed by atoms with Gasteiger partial charge in [-0.25, -0.2) is 13.8 Å². The van der Waals surface area contributed by atoms with E-state index < -0.39 is 0 Å². The van der Waals surface area contributed by atoms with Crippen LogP contribution in [0.15, 0.2) is 110 Å². The normalized spacial score (nSPS) is 12.9. The zero-order valence-corrected chi connectivity index (χ0v) is 22.4. The van der Waals surface area contributed by atoms with Crippen molar-refractivity contribution in [2.24, 2.45) is 0 Å². The van der Waals surface area contributed by atoms with Crippen molar-refractivity contribution in [2.45, 2.75) is 19.3 Å². The molecule has 1 N–H and O–H groups in total. The van der Waals surface area contributed by atoms with Gasteiger partial charge in [-0.05, 0) is 95.1 Å². The van der Waals surface area contributed by atoms with E-state index in [-0.39, 0.29) is 17.6 Å². The van der Waals surface area contributed by atoms with Crippen LogP contribution in [-0.4, -0.2) is 30.2 Å². The molecule has 0 aliphatic rings. The molecule has 6 nitrogen and oxygen atoms in total. The molecule has 0 fully saturated rings. The second kappa shape index (κ2) is 12.0. The van der Waals surface area contributed by atoms with E-state index in [0.29, 0.717) is 11.4 Å². The van der Waals surface area contributed by atoms with Crippen molar-refractivity contribution in [1.29, 1.82) is 0 Å². The summed E-state index contributed by atoms with van der Waals surface area (Å²) in [4.78, 5) is 8.06. The Hall–Kier alpha value is -4.69. The molecule has 9 heteroatoms. The minimum atomic E-state index is -0.302. The monoisotopic (exact) mass is 554 g/mol.